The van der Waals surface area contributed by atoms with Crippen LogP contribution in [0.1, 0.15) is 31.2 Å². The Morgan fingerprint density at radius 2 is 2.00 bits per heavy atom. The largest absolute Gasteiger partial charge is 0.355 e. The van der Waals surface area contributed by atoms with Crippen molar-refractivity contribution in [1.29, 1.82) is 0 Å². The maximum Gasteiger partial charge on any atom is 0.223 e. The molecule has 1 unspecified atom stereocenters. The molecule has 98 valence electrons. The third-order valence-corrected chi connectivity index (χ3v) is 3.37. The lowest BCUT2D eigenvalue weighted by Crippen LogP contribution is -2.33. The van der Waals surface area contributed by atoms with Gasteiger partial charge in [0.15, 0.2) is 0 Å². The fourth-order valence-electron chi connectivity index (χ4n) is 1.98. The normalized spacial score (nSPS) is 16.3. The molecule has 0 bridgehead atoms. The van der Waals surface area contributed by atoms with Crippen molar-refractivity contribution in [3.05, 3.63) is 35.9 Å². The second kappa shape index (κ2) is 6.55. The molecule has 0 aromatic heterocycles. The van der Waals surface area contributed by atoms with Crippen molar-refractivity contribution in [3.63, 3.8) is 0 Å². The molecular formula is C15H22N2O. The molecule has 2 N–H and O–H groups in total. The van der Waals surface area contributed by atoms with Crippen molar-refractivity contribution in [2.24, 2.45) is 5.92 Å². The number of benzene rings is 1. The topological polar surface area (TPSA) is 41.1 Å². The van der Waals surface area contributed by atoms with Crippen LogP contribution in [0, 0.1) is 5.92 Å². The molecule has 3 nitrogen and oxygen atoms in total. The Bertz CT molecular complexity index is 373. The van der Waals surface area contributed by atoms with E-state index in [0.717, 1.165) is 32.5 Å². The van der Waals surface area contributed by atoms with E-state index in [9.17, 15) is 4.79 Å². The van der Waals surface area contributed by atoms with Crippen molar-refractivity contribution in [1.82, 2.24) is 10.6 Å². The van der Waals surface area contributed by atoms with Crippen molar-refractivity contribution < 1.29 is 4.79 Å². The fourth-order valence-corrected chi connectivity index (χ4v) is 1.98. The smallest absolute Gasteiger partial charge is 0.223 e. The quantitative estimate of drug-likeness (QED) is 0.722. The number of hydrogen-bond donors (Lipinski definition) is 2. The Morgan fingerprint density at radius 1 is 1.28 bits per heavy atom. The van der Waals surface area contributed by atoms with Gasteiger partial charge in [-0.15, -0.1) is 0 Å². The van der Waals surface area contributed by atoms with E-state index in [1.807, 2.05) is 6.07 Å². The summed E-state index contributed by atoms with van der Waals surface area (Å²) in [5, 5.41) is 6.34. The van der Waals surface area contributed by atoms with Gasteiger partial charge in [0, 0.05) is 25.6 Å². The van der Waals surface area contributed by atoms with Gasteiger partial charge in [-0.3, -0.25) is 4.79 Å². The molecule has 1 aliphatic carbocycles. The summed E-state index contributed by atoms with van der Waals surface area (Å²) in [7, 11) is 0. The molecule has 2 rings (SSSR count). The molecule has 0 heterocycles. The second-order valence-electron chi connectivity index (χ2n) is 5.08. The highest BCUT2D eigenvalue weighted by Gasteiger charge is 2.28. The zero-order chi connectivity index (χ0) is 12.8. The average molecular weight is 246 g/mol. The number of hydrogen-bond acceptors (Lipinski definition) is 2. The first kappa shape index (κ1) is 13.1. The lowest BCUT2D eigenvalue weighted by molar-refractivity contribution is -0.122. The van der Waals surface area contributed by atoms with Crippen molar-refractivity contribution >= 4 is 5.91 Å². The van der Waals surface area contributed by atoms with Gasteiger partial charge in [-0.2, -0.15) is 0 Å². The molecule has 1 saturated carbocycles. The van der Waals surface area contributed by atoms with Crippen molar-refractivity contribution in [3.8, 4) is 0 Å². The third-order valence-electron chi connectivity index (χ3n) is 3.37. The van der Waals surface area contributed by atoms with E-state index >= 15 is 0 Å². The lowest BCUT2D eigenvalue weighted by atomic mass is 10.0. The van der Waals surface area contributed by atoms with Crippen LogP contribution in [0.3, 0.4) is 0 Å². The van der Waals surface area contributed by atoms with Gasteiger partial charge in [-0.25, -0.2) is 0 Å². The number of amides is 1. The SMILES string of the molecule is CC(CNCCNC(=O)C1CC1)c1ccccc1. The monoisotopic (exact) mass is 246 g/mol. The summed E-state index contributed by atoms with van der Waals surface area (Å²) in [6.45, 7) is 4.74. The van der Waals surface area contributed by atoms with E-state index in [0.29, 0.717) is 11.8 Å². The summed E-state index contributed by atoms with van der Waals surface area (Å²) in [6.07, 6.45) is 2.15. The maximum atomic E-state index is 11.4. The van der Waals surface area contributed by atoms with Crippen LogP contribution in [0.25, 0.3) is 0 Å². The Labute approximate surface area is 109 Å². The summed E-state index contributed by atoms with van der Waals surface area (Å²) < 4.78 is 0. The maximum absolute atomic E-state index is 11.4. The number of rotatable bonds is 7. The van der Waals surface area contributed by atoms with E-state index in [2.05, 4.69) is 41.8 Å². The van der Waals surface area contributed by atoms with Crippen molar-refractivity contribution in [2.45, 2.75) is 25.7 Å². The molecule has 0 radical (unpaired) electrons. The fraction of sp³-hybridized carbons (Fsp3) is 0.533. The summed E-state index contributed by atoms with van der Waals surface area (Å²) in [6, 6.07) is 10.5. The van der Waals surface area contributed by atoms with E-state index in [-0.39, 0.29) is 5.91 Å². The molecule has 1 aliphatic rings. The van der Waals surface area contributed by atoms with Crippen LogP contribution in [0.15, 0.2) is 30.3 Å². The molecule has 1 fully saturated rings. The van der Waals surface area contributed by atoms with Crippen LogP contribution in [0.2, 0.25) is 0 Å². The highest BCUT2D eigenvalue weighted by molar-refractivity contribution is 5.80. The van der Waals surface area contributed by atoms with Gasteiger partial charge < -0.3 is 10.6 Å². The van der Waals surface area contributed by atoms with E-state index < -0.39 is 0 Å². The molecule has 3 heteroatoms. The molecule has 1 atom stereocenters. The van der Waals surface area contributed by atoms with Gasteiger partial charge >= 0.3 is 0 Å². The molecule has 1 amide bonds. The summed E-state index contributed by atoms with van der Waals surface area (Å²) in [5.74, 6) is 1.05. The summed E-state index contributed by atoms with van der Waals surface area (Å²) >= 11 is 0. The van der Waals surface area contributed by atoms with Gasteiger partial charge in [-0.05, 0) is 24.3 Å². The molecule has 0 spiro atoms. The van der Waals surface area contributed by atoms with E-state index in [1.54, 1.807) is 0 Å². The second-order valence-corrected chi connectivity index (χ2v) is 5.08. The highest BCUT2D eigenvalue weighted by atomic mass is 16.2. The van der Waals surface area contributed by atoms with Crippen LogP contribution in [0.5, 0.6) is 0 Å². The number of carbonyl (C=O) groups is 1. The zero-order valence-corrected chi connectivity index (χ0v) is 11.0. The highest BCUT2D eigenvalue weighted by Crippen LogP contribution is 2.28. The van der Waals surface area contributed by atoms with E-state index in [1.165, 1.54) is 5.56 Å². The summed E-state index contributed by atoms with van der Waals surface area (Å²) in [4.78, 5) is 11.4. The predicted octanol–water partition coefficient (Wildman–Crippen LogP) is 1.91. The van der Waals surface area contributed by atoms with Gasteiger partial charge in [-0.1, -0.05) is 37.3 Å². The molecule has 0 saturated heterocycles. The molecule has 1 aromatic rings. The number of carbonyl (C=O) groups excluding carboxylic acids is 1. The van der Waals surface area contributed by atoms with Crippen molar-refractivity contribution in [2.75, 3.05) is 19.6 Å². The van der Waals surface area contributed by atoms with Gasteiger partial charge in [0.1, 0.15) is 0 Å². The Kier molecular flexibility index (Phi) is 4.76. The zero-order valence-electron chi connectivity index (χ0n) is 11.0. The van der Waals surface area contributed by atoms with Gasteiger partial charge in [0.05, 0.1) is 0 Å². The minimum Gasteiger partial charge on any atom is -0.355 e. The Balaban J connectivity index is 1.56. The minimum absolute atomic E-state index is 0.230. The van der Waals surface area contributed by atoms with Crippen LogP contribution in [-0.2, 0) is 4.79 Å². The minimum atomic E-state index is 0.230. The van der Waals surface area contributed by atoms with Crippen LogP contribution < -0.4 is 10.6 Å². The van der Waals surface area contributed by atoms with Crippen LogP contribution >= 0.6 is 0 Å². The van der Waals surface area contributed by atoms with Gasteiger partial charge in [0.25, 0.3) is 0 Å². The Morgan fingerprint density at radius 3 is 2.67 bits per heavy atom. The molecule has 0 aliphatic heterocycles. The molecular weight excluding hydrogens is 224 g/mol. The first-order valence-corrected chi connectivity index (χ1v) is 6.80. The molecule has 1 aromatic carbocycles. The standard InChI is InChI=1S/C15H22N2O/c1-12(13-5-3-2-4-6-13)11-16-9-10-17-15(18)14-7-8-14/h2-6,12,14,16H,7-11H2,1H3,(H,17,18). The van der Waals surface area contributed by atoms with Gasteiger partial charge in [0.2, 0.25) is 5.91 Å². The lowest BCUT2D eigenvalue weighted by Gasteiger charge is -2.13. The van der Waals surface area contributed by atoms with E-state index in [4.69, 9.17) is 0 Å². The Hall–Kier alpha value is -1.35. The van der Waals surface area contributed by atoms with Crippen LogP contribution in [0.4, 0.5) is 0 Å². The first-order valence-electron chi connectivity index (χ1n) is 6.80. The summed E-state index contributed by atoms with van der Waals surface area (Å²) in [5.41, 5.74) is 1.35. The predicted molar refractivity (Wildman–Crippen MR) is 73.5 cm³/mol. The third kappa shape index (κ3) is 4.15. The average Bonchev–Trinajstić information content (AvgIpc) is 3.23. The first-order chi connectivity index (χ1) is 8.77. The molecule has 18 heavy (non-hydrogen) atoms. The number of nitrogens with one attached hydrogen (secondary N) is 2. The van der Waals surface area contributed by atoms with Crippen LogP contribution in [-0.4, -0.2) is 25.5 Å².